The maximum absolute atomic E-state index is 12.2. The first-order valence-electron chi connectivity index (χ1n) is 6.44. The Morgan fingerprint density at radius 3 is 2.28 bits per heavy atom. The molecule has 0 fully saturated rings. The zero-order valence-electron chi connectivity index (χ0n) is 11.9. The van der Waals surface area contributed by atoms with E-state index in [9.17, 15) is 4.79 Å². The lowest BCUT2D eigenvalue weighted by atomic mass is 10.0. The van der Waals surface area contributed by atoms with Crippen molar-refractivity contribution in [1.82, 2.24) is 0 Å². The Bertz CT molecular complexity index is 420. The Morgan fingerprint density at radius 1 is 1.28 bits per heavy atom. The fourth-order valence-electron chi connectivity index (χ4n) is 2.45. The van der Waals surface area contributed by atoms with E-state index in [0.717, 1.165) is 13.0 Å². The molecule has 0 aliphatic rings. The molecular formula is C16H24NO+. The van der Waals surface area contributed by atoms with Crippen molar-refractivity contribution in [1.29, 1.82) is 0 Å². The average Bonchev–Trinajstić information content (AvgIpc) is 2.29. The van der Waals surface area contributed by atoms with E-state index in [1.165, 1.54) is 5.56 Å². The molecule has 98 valence electrons. The van der Waals surface area contributed by atoms with E-state index in [1.807, 2.05) is 18.2 Å². The standard InChI is InChI=1S/C16H24NO/c1-6-15(16(18)13(2)3)17(4,5)12-14-10-8-7-9-11-14/h7-11,15H,2,6,12H2,1,3-5H3/q+1. The molecule has 0 heterocycles. The number of benzene rings is 1. The summed E-state index contributed by atoms with van der Waals surface area (Å²) in [6, 6.07) is 10.3. The van der Waals surface area contributed by atoms with Gasteiger partial charge in [0.1, 0.15) is 6.54 Å². The SMILES string of the molecule is C=C(C)C(=O)C(CC)[N+](C)(C)Cc1ccccc1. The molecule has 0 saturated carbocycles. The second-order valence-corrected chi connectivity index (χ2v) is 5.49. The van der Waals surface area contributed by atoms with Gasteiger partial charge in [0.25, 0.3) is 0 Å². The first-order valence-corrected chi connectivity index (χ1v) is 6.44. The summed E-state index contributed by atoms with van der Waals surface area (Å²) in [5.41, 5.74) is 1.91. The summed E-state index contributed by atoms with van der Waals surface area (Å²) in [5.74, 6) is 0.179. The number of likely N-dealkylation sites (N-methyl/N-ethyl adjacent to an activating group) is 1. The second kappa shape index (κ2) is 5.96. The van der Waals surface area contributed by atoms with Crippen LogP contribution in [0.2, 0.25) is 0 Å². The number of carbonyl (C=O) groups is 1. The van der Waals surface area contributed by atoms with Crippen LogP contribution < -0.4 is 0 Å². The highest BCUT2D eigenvalue weighted by molar-refractivity contribution is 5.97. The molecule has 1 aromatic carbocycles. The molecule has 0 aliphatic heterocycles. The van der Waals surface area contributed by atoms with Crippen molar-refractivity contribution in [3.8, 4) is 0 Å². The summed E-state index contributed by atoms with van der Waals surface area (Å²) in [4.78, 5) is 12.2. The molecule has 2 heteroatoms. The van der Waals surface area contributed by atoms with Crippen LogP contribution in [0.15, 0.2) is 42.5 Å². The molecule has 1 atom stereocenters. The van der Waals surface area contributed by atoms with Crippen molar-refractivity contribution >= 4 is 5.78 Å². The summed E-state index contributed by atoms with van der Waals surface area (Å²) in [6.45, 7) is 8.51. The number of quaternary nitrogens is 1. The van der Waals surface area contributed by atoms with Crippen molar-refractivity contribution in [3.05, 3.63) is 48.0 Å². The van der Waals surface area contributed by atoms with Gasteiger partial charge in [0.05, 0.1) is 14.1 Å². The van der Waals surface area contributed by atoms with Crippen molar-refractivity contribution < 1.29 is 9.28 Å². The van der Waals surface area contributed by atoms with Gasteiger partial charge in [-0.05, 0) is 12.5 Å². The minimum absolute atomic E-state index is 0.0114. The molecular weight excluding hydrogens is 222 g/mol. The lowest BCUT2D eigenvalue weighted by Crippen LogP contribution is -2.52. The number of rotatable bonds is 6. The summed E-state index contributed by atoms with van der Waals surface area (Å²) >= 11 is 0. The molecule has 0 aliphatic carbocycles. The quantitative estimate of drug-likeness (QED) is 0.556. The van der Waals surface area contributed by atoms with Crippen molar-refractivity contribution in [3.63, 3.8) is 0 Å². The van der Waals surface area contributed by atoms with Crippen LogP contribution in [0.3, 0.4) is 0 Å². The zero-order valence-corrected chi connectivity index (χ0v) is 11.9. The first-order chi connectivity index (χ1) is 8.38. The van der Waals surface area contributed by atoms with Crippen molar-refractivity contribution in [2.45, 2.75) is 32.9 Å². The number of nitrogens with zero attached hydrogens (tertiary/aromatic N) is 1. The normalized spacial score (nSPS) is 13.1. The van der Waals surface area contributed by atoms with E-state index >= 15 is 0 Å². The van der Waals surface area contributed by atoms with Crippen LogP contribution >= 0.6 is 0 Å². The molecule has 0 amide bonds. The van der Waals surface area contributed by atoms with Gasteiger partial charge in [-0.2, -0.15) is 0 Å². The van der Waals surface area contributed by atoms with Crippen LogP contribution in [-0.2, 0) is 11.3 Å². The molecule has 1 rings (SSSR count). The molecule has 0 aromatic heterocycles. The van der Waals surface area contributed by atoms with Crippen LogP contribution in [-0.4, -0.2) is 30.4 Å². The molecule has 0 N–H and O–H groups in total. The molecule has 18 heavy (non-hydrogen) atoms. The smallest absolute Gasteiger partial charge is 0.215 e. The predicted octanol–water partition coefficient (Wildman–Crippen LogP) is 3.19. The average molecular weight is 246 g/mol. The first kappa shape index (κ1) is 14.7. The van der Waals surface area contributed by atoms with Gasteiger partial charge in [0.15, 0.2) is 6.04 Å². The number of hydrogen-bond donors (Lipinski definition) is 0. The Balaban J connectivity index is 2.90. The van der Waals surface area contributed by atoms with Crippen LogP contribution in [0.25, 0.3) is 0 Å². The molecule has 0 saturated heterocycles. The minimum atomic E-state index is -0.0114. The second-order valence-electron chi connectivity index (χ2n) is 5.49. The van der Waals surface area contributed by atoms with Gasteiger partial charge in [-0.3, -0.25) is 4.79 Å². The van der Waals surface area contributed by atoms with Crippen LogP contribution in [0.4, 0.5) is 0 Å². The van der Waals surface area contributed by atoms with Gasteiger partial charge in [0, 0.05) is 12.0 Å². The highest BCUT2D eigenvalue weighted by Gasteiger charge is 2.33. The van der Waals surface area contributed by atoms with Gasteiger partial charge in [-0.1, -0.05) is 43.8 Å². The summed E-state index contributed by atoms with van der Waals surface area (Å²) in [7, 11) is 4.23. The third-order valence-electron chi connectivity index (χ3n) is 3.39. The monoisotopic (exact) mass is 246 g/mol. The van der Waals surface area contributed by atoms with Gasteiger partial charge in [-0.25, -0.2) is 0 Å². The largest absolute Gasteiger partial charge is 0.316 e. The number of ketones is 1. The third kappa shape index (κ3) is 3.54. The minimum Gasteiger partial charge on any atom is -0.316 e. The van der Waals surface area contributed by atoms with Crippen LogP contribution in [0.1, 0.15) is 25.8 Å². The Labute approximate surface area is 111 Å². The zero-order chi connectivity index (χ0) is 13.8. The summed E-state index contributed by atoms with van der Waals surface area (Å²) in [5, 5.41) is 0. The summed E-state index contributed by atoms with van der Waals surface area (Å²) in [6.07, 6.45) is 0.839. The topological polar surface area (TPSA) is 17.1 Å². The lowest BCUT2D eigenvalue weighted by Gasteiger charge is -2.37. The number of hydrogen-bond acceptors (Lipinski definition) is 1. The van der Waals surface area contributed by atoms with Gasteiger partial charge >= 0.3 is 0 Å². The van der Waals surface area contributed by atoms with E-state index < -0.39 is 0 Å². The van der Waals surface area contributed by atoms with Gasteiger partial charge in [-0.15, -0.1) is 0 Å². The number of Topliss-reactive ketones (excluding diaryl/α,β-unsaturated/α-hetero) is 1. The van der Waals surface area contributed by atoms with Crippen LogP contribution in [0.5, 0.6) is 0 Å². The molecule has 1 aromatic rings. The maximum Gasteiger partial charge on any atom is 0.215 e. The molecule has 0 spiro atoms. The van der Waals surface area contributed by atoms with E-state index in [-0.39, 0.29) is 11.8 Å². The fraction of sp³-hybridized carbons (Fsp3) is 0.438. The molecule has 1 unspecified atom stereocenters. The van der Waals surface area contributed by atoms with Crippen LogP contribution in [0, 0.1) is 0 Å². The predicted molar refractivity (Wildman–Crippen MR) is 76.2 cm³/mol. The van der Waals surface area contributed by atoms with E-state index in [4.69, 9.17) is 0 Å². The van der Waals surface area contributed by atoms with Gasteiger partial charge in [0.2, 0.25) is 5.78 Å². The Kier molecular flexibility index (Phi) is 4.85. The Hall–Kier alpha value is -1.41. The van der Waals surface area contributed by atoms with Crippen molar-refractivity contribution in [2.24, 2.45) is 0 Å². The molecule has 0 radical (unpaired) electrons. The maximum atomic E-state index is 12.2. The third-order valence-corrected chi connectivity index (χ3v) is 3.39. The summed E-state index contributed by atoms with van der Waals surface area (Å²) < 4.78 is 0.673. The van der Waals surface area contributed by atoms with E-state index in [2.05, 4.69) is 39.7 Å². The van der Waals surface area contributed by atoms with Gasteiger partial charge < -0.3 is 4.48 Å². The fourth-order valence-corrected chi connectivity index (χ4v) is 2.45. The van der Waals surface area contributed by atoms with E-state index in [0.29, 0.717) is 10.1 Å². The van der Waals surface area contributed by atoms with E-state index in [1.54, 1.807) is 6.92 Å². The molecule has 2 nitrogen and oxygen atoms in total. The Morgan fingerprint density at radius 2 is 1.83 bits per heavy atom. The highest BCUT2D eigenvalue weighted by Crippen LogP contribution is 2.19. The number of carbonyl (C=O) groups excluding carboxylic acids is 1. The lowest BCUT2D eigenvalue weighted by molar-refractivity contribution is -0.918. The van der Waals surface area contributed by atoms with Crippen molar-refractivity contribution in [2.75, 3.05) is 14.1 Å². The highest BCUT2D eigenvalue weighted by atomic mass is 16.1. The molecule has 0 bridgehead atoms.